The Bertz CT molecular complexity index is 1060. The second-order valence-electron chi connectivity index (χ2n) is 5.48. The summed E-state index contributed by atoms with van der Waals surface area (Å²) >= 11 is 0. The number of carbonyl (C=O) groups is 2. The molecule has 0 fully saturated rings. The third kappa shape index (κ3) is 5.71. The van der Waals surface area contributed by atoms with E-state index >= 15 is 0 Å². The van der Waals surface area contributed by atoms with Crippen molar-refractivity contribution < 1.29 is 33.0 Å². The van der Waals surface area contributed by atoms with E-state index in [9.17, 15) is 18.0 Å². The summed E-state index contributed by atoms with van der Waals surface area (Å²) in [5.74, 6) is -2.20. The van der Waals surface area contributed by atoms with Crippen molar-refractivity contribution in [3.05, 3.63) is 65.7 Å². The molecule has 0 unspecified atom stereocenters. The van der Waals surface area contributed by atoms with Crippen LogP contribution in [0.25, 0.3) is 12.2 Å². The average Bonchev–Trinajstić information content (AvgIpc) is 2.64. The van der Waals surface area contributed by atoms with Crippen molar-refractivity contribution in [2.75, 3.05) is 11.8 Å². The van der Waals surface area contributed by atoms with Gasteiger partial charge in [0.2, 0.25) is 0 Å². The molecule has 28 heavy (non-hydrogen) atoms. The summed E-state index contributed by atoms with van der Waals surface area (Å²) < 4.78 is 33.1. The van der Waals surface area contributed by atoms with E-state index in [-0.39, 0.29) is 16.3 Å². The summed E-state index contributed by atoms with van der Waals surface area (Å²) in [6.07, 6.45) is 4.43. The van der Waals surface area contributed by atoms with E-state index < -0.39 is 22.0 Å². The normalized spacial score (nSPS) is 11.6. The molecule has 0 saturated carbocycles. The number of methoxy groups -OCH3 is 1. The highest BCUT2D eigenvalue weighted by Crippen LogP contribution is 2.27. The standard InChI is InChI=1S/C19H17NO7S/c1-27-16-8-5-14(7-10-19(23)24)12-17(16)28(25,26)20-15-4-2-3-13(11-15)6-9-18(21)22/h2-12,20H,1H3,(H,21,22)(H,23,24). The van der Waals surface area contributed by atoms with Gasteiger partial charge in [0.05, 0.1) is 7.11 Å². The van der Waals surface area contributed by atoms with Gasteiger partial charge in [-0.05, 0) is 47.5 Å². The van der Waals surface area contributed by atoms with Crippen molar-refractivity contribution in [1.82, 2.24) is 0 Å². The lowest BCUT2D eigenvalue weighted by molar-refractivity contribution is -0.132. The lowest BCUT2D eigenvalue weighted by Gasteiger charge is -2.13. The first-order valence-electron chi connectivity index (χ1n) is 7.84. The number of carboxylic acid groups (broad SMARTS) is 2. The first-order chi connectivity index (χ1) is 13.2. The summed E-state index contributed by atoms with van der Waals surface area (Å²) in [7, 11) is -2.74. The highest BCUT2D eigenvalue weighted by Gasteiger charge is 2.20. The number of anilines is 1. The zero-order valence-electron chi connectivity index (χ0n) is 14.7. The van der Waals surface area contributed by atoms with Gasteiger partial charge >= 0.3 is 11.9 Å². The van der Waals surface area contributed by atoms with Gasteiger partial charge in [0.15, 0.2) is 0 Å². The van der Waals surface area contributed by atoms with Gasteiger partial charge in [-0.2, -0.15) is 0 Å². The smallest absolute Gasteiger partial charge is 0.328 e. The van der Waals surface area contributed by atoms with E-state index in [1.807, 2.05) is 0 Å². The molecule has 0 aromatic heterocycles. The number of hydrogen-bond donors (Lipinski definition) is 3. The number of sulfonamides is 1. The molecule has 0 radical (unpaired) electrons. The van der Waals surface area contributed by atoms with E-state index in [4.69, 9.17) is 14.9 Å². The molecule has 0 bridgehead atoms. The van der Waals surface area contributed by atoms with E-state index in [1.54, 1.807) is 12.1 Å². The van der Waals surface area contributed by atoms with Gasteiger partial charge in [0, 0.05) is 17.8 Å². The molecule has 0 aliphatic rings. The zero-order valence-corrected chi connectivity index (χ0v) is 15.5. The molecule has 0 atom stereocenters. The van der Waals surface area contributed by atoms with E-state index in [0.29, 0.717) is 11.1 Å². The van der Waals surface area contributed by atoms with Crippen LogP contribution in [0.15, 0.2) is 59.5 Å². The lowest BCUT2D eigenvalue weighted by Crippen LogP contribution is -2.14. The minimum absolute atomic E-state index is 0.0851. The van der Waals surface area contributed by atoms with Crippen molar-refractivity contribution in [3.63, 3.8) is 0 Å². The van der Waals surface area contributed by atoms with Crippen LogP contribution >= 0.6 is 0 Å². The number of carboxylic acids is 2. The number of aliphatic carboxylic acids is 2. The van der Waals surface area contributed by atoms with Gasteiger partial charge < -0.3 is 14.9 Å². The number of rotatable bonds is 8. The quantitative estimate of drug-likeness (QED) is 0.578. The number of hydrogen-bond acceptors (Lipinski definition) is 5. The first kappa shape index (κ1) is 20.7. The molecule has 2 aromatic carbocycles. The lowest BCUT2D eigenvalue weighted by atomic mass is 10.2. The Balaban J connectivity index is 2.39. The second kappa shape index (κ2) is 8.87. The SMILES string of the molecule is COc1ccc(C=CC(=O)O)cc1S(=O)(=O)Nc1cccc(C=CC(=O)O)c1. The van der Waals surface area contributed by atoms with Gasteiger partial charge in [-0.1, -0.05) is 18.2 Å². The Morgan fingerprint density at radius 1 is 0.964 bits per heavy atom. The van der Waals surface area contributed by atoms with Crippen LogP contribution in [0.5, 0.6) is 5.75 Å². The monoisotopic (exact) mass is 403 g/mol. The molecule has 0 aliphatic carbocycles. The molecule has 0 spiro atoms. The molecule has 3 N–H and O–H groups in total. The van der Waals surface area contributed by atoms with Crippen LogP contribution in [-0.2, 0) is 19.6 Å². The fourth-order valence-corrected chi connectivity index (χ4v) is 3.51. The zero-order chi connectivity index (χ0) is 20.7. The molecular formula is C19H17NO7S. The van der Waals surface area contributed by atoms with Gasteiger partial charge in [0.1, 0.15) is 10.6 Å². The average molecular weight is 403 g/mol. The highest BCUT2D eigenvalue weighted by molar-refractivity contribution is 7.92. The summed E-state index contributed by atoms with van der Waals surface area (Å²) in [6.45, 7) is 0. The Morgan fingerprint density at radius 2 is 1.57 bits per heavy atom. The predicted octanol–water partition coefficient (Wildman–Crippen LogP) is 2.69. The summed E-state index contributed by atoms with van der Waals surface area (Å²) in [5.41, 5.74) is 1.08. The number of benzene rings is 2. The fraction of sp³-hybridized carbons (Fsp3) is 0.0526. The summed E-state index contributed by atoms with van der Waals surface area (Å²) in [4.78, 5) is 21.1. The topological polar surface area (TPSA) is 130 Å². The van der Waals surface area contributed by atoms with Crippen LogP contribution in [-0.4, -0.2) is 37.7 Å². The predicted molar refractivity (Wildman–Crippen MR) is 104 cm³/mol. The minimum Gasteiger partial charge on any atom is -0.495 e. The maximum absolute atomic E-state index is 12.8. The molecular weight excluding hydrogens is 386 g/mol. The molecule has 2 aromatic rings. The van der Waals surface area contributed by atoms with E-state index in [2.05, 4.69) is 4.72 Å². The van der Waals surface area contributed by atoms with Crippen molar-refractivity contribution in [2.45, 2.75) is 4.90 Å². The minimum atomic E-state index is -4.06. The molecule has 0 aliphatic heterocycles. The van der Waals surface area contributed by atoms with Crippen molar-refractivity contribution in [2.24, 2.45) is 0 Å². The van der Waals surface area contributed by atoms with Gasteiger partial charge in [-0.15, -0.1) is 0 Å². The Hall–Kier alpha value is -3.59. The molecule has 8 nitrogen and oxygen atoms in total. The van der Waals surface area contributed by atoms with E-state index in [0.717, 1.165) is 12.2 Å². The third-order valence-electron chi connectivity index (χ3n) is 3.45. The highest BCUT2D eigenvalue weighted by atomic mass is 32.2. The third-order valence-corrected chi connectivity index (χ3v) is 4.86. The Labute approximate surface area is 161 Å². The second-order valence-corrected chi connectivity index (χ2v) is 7.14. The maximum Gasteiger partial charge on any atom is 0.328 e. The number of nitrogens with one attached hydrogen (secondary N) is 1. The van der Waals surface area contributed by atoms with Crippen molar-refractivity contribution >= 4 is 39.8 Å². The maximum atomic E-state index is 12.8. The first-order valence-corrected chi connectivity index (χ1v) is 9.32. The van der Waals surface area contributed by atoms with Gasteiger partial charge in [-0.25, -0.2) is 18.0 Å². The van der Waals surface area contributed by atoms with Crippen LogP contribution in [0.3, 0.4) is 0 Å². The summed E-state index contributed by atoms with van der Waals surface area (Å²) in [6, 6.07) is 10.4. The van der Waals surface area contributed by atoms with Gasteiger partial charge in [-0.3, -0.25) is 4.72 Å². The number of ether oxygens (including phenoxy) is 1. The van der Waals surface area contributed by atoms with Crippen molar-refractivity contribution in [1.29, 1.82) is 0 Å². The fourth-order valence-electron chi connectivity index (χ4n) is 2.26. The molecule has 9 heteroatoms. The van der Waals surface area contributed by atoms with E-state index in [1.165, 1.54) is 49.6 Å². The molecule has 0 saturated heterocycles. The van der Waals surface area contributed by atoms with Gasteiger partial charge in [0.25, 0.3) is 10.0 Å². The van der Waals surface area contributed by atoms with Crippen LogP contribution in [0.2, 0.25) is 0 Å². The molecule has 146 valence electrons. The summed E-state index contributed by atoms with van der Waals surface area (Å²) in [5, 5.41) is 17.4. The molecule has 2 rings (SSSR count). The molecule has 0 amide bonds. The van der Waals surface area contributed by atoms with Crippen LogP contribution < -0.4 is 9.46 Å². The van der Waals surface area contributed by atoms with Crippen LogP contribution in [0.1, 0.15) is 11.1 Å². The van der Waals surface area contributed by atoms with Crippen LogP contribution in [0.4, 0.5) is 5.69 Å². The van der Waals surface area contributed by atoms with Crippen LogP contribution in [0, 0.1) is 0 Å². The molecule has 0 heterocycles. The Kier molecular flexibility index (Phi) is 6.56. The Morgan fingerprint density at radius 3 is 2.14 bits per heavy atom. The van der Waals surface area contributed by atoms with Crippen molar-refractivity contribution in [3.8, 4) is 5.75 Å². The largest absolute Gasteiger partial charge is 0.495 e.